The second-order valence-corrected chi connectivity index (χ2v) is 7.61. The number of nitrogens with one attached hydrogen (secondary N) is 2. The fourth-order valence-electron chi connectivity index (χ4n) is 3.53. The molecule has 1 unspecified atom stereocenters. The summed E-state index contributed by atoms with van der Waals surface area (Å²) in [6, 6.07) is 14.9. The monoisotopic (exact) mass is 395 g/mol. The quantitative estimate of drug-likeness (QED) is 0.804. The van der Waals surface area contributed by atoms with Crippen LogP contribution < -0.4 is 10.6 Å². The molecule has 154 valence electrons. The molecule has 2 N–H and O–H groups in total. The molecule has 0 radical (unpaired) electrons. The SMILES string of the molecule is Cc1c(NC(=O)NC(c2ccccc2)C(C)C)cccc1C(=O)N1CCOCC1. The van der Waals surface area contributed by atoms with Crippen LogP contribution in [0.15, 0.2) is 48.5 Å². The van der Waals surface area contributed by atoms with Crippen LogP contribution in [0.2, 0.25) is 0 Å². The number of amides is 3. The second kappa shape index (κ2) is 9.56. The van der Waals surface area contributed by atoms with Crippen LogP contribution in [0.3, 0.4) is 0 Å². The Morgan fingerprint density at radius 3 is 2.34 bits per heavy atom. The van der Waals surface area contributed by atoms with E-state index in [1.54, 1.807) is 17.0 Å². The maximum Gasteiger partial charge on any atom is 0.319 e. The molecule has 0 aliphatic carbocycles. The maximum absolute atomic E-state index is 12.9. The molecular formula is C23H29N3O3. The van der Waals surface area contributed by atoms with Gasteiger partial charge in [-0.05, 0) is 36.1 Å². The molecule has 0 saturated carbocycles. The molecule has 1 fully saturated rings. The van der Waals surface area contributed by atoms with Gasteiger partial charge in [-0.1, -0.05) is 50.2 Å². The van der Waals surface area contributed by atoms with E-state index in [9.17, 15) is 9.59 Å². The van der Waals surface area contributed by atoms with E-state index < -0.39 is 0 Å². The number of carbonyl (C=O) groups excluding carboxylic acids is 2. The van der Waals surface area contributed by atoms with Crippen LogP contribution in [-0.2, 0) is 4.74 Å². The van der Waals surface area contributed by atoms with Gasteiger partial charge in [0.25, 0.3) is 5.91 Å². The number of nitrogens with zero attached hydrogens (tertiary/aromatic N) is 1. The van der Waals surface area contributed by atoms with E-state index in [0.717, 1.165) is 11.1 Å². The van der Waals surface area contributed by atoms with Crippen LogP contribution >= 0.6 is 0 Å². The first-order chi connectivity index (χ1) is 14.0. The second-order valence-electron chi connectivity index (χ2n) is 7.61. The van der Waals surface area contributed by atoms with Gasteiger partial charge in [0, 0.05) is 24.3 Å². The van der Waals surface area contributed by atoms with Gasteiger partial charge in [0.1, 0.15) is 0 Å². The summed E-state index contributed by atoms with van der Waals surface area (Å²) in [6.07, 6.45) is 0. The molecule has 29 heavy (non-hydrogen) atoms. The Hall–Kier alpha value is -2.86. The summed E-state index contributed by atoms with van der Waals surface area (Å²) in [4.78, 5) is 27.3. The Labute approximate surface area is 172 Å². The Balaban J connectivity index is 1.72. The van der Waals surface area contributed by atoms with Gasteiger partial charge in [-0.2, -0.15) is 0 Å². The van der Waals surface area contributed by atoms with E-state index in [-0.39, 0.29) is 23.9 Å². The van der Waals surface area contributed by atoms with Gasteiger partial charge in [-0.15, -0.1) is 0 Å². The van der Waals surface area contributed by atoms with Crippen molar-refractivity contribution in [2.45, 2.75) is 26.8 Å². The summed E-state index contributed by atoms with van der Waals surface area (Å²) in [7, 11) is 0. The molecule has 0 bridgehead atoms. The van der Waals surface area contributed by atoms with Gasteiger partial charge < -0.3 is 20.3 Å². The van der Waals surface area contributed by atoms with E-state index in [2.05, 4.69) is 24.5 Å². The third-order valence-corrected chi connectivity index (χ3v) is 5.22. The molecule has 6 heteroatoms. The summed E-state index contributed by atoms with van der Waals surface area (Å²) in [5, 5.41) is 5.98. The number of urea groups is 1. The number of morpholine rings is 1. The zero-order valence-corrected chi connectivity index (χ0v) is 17.3. The minimum absolute atomic E-state index is 0.0285. The molecule has 1 atom stereocenters. The fraction of sp³-hybridized carbons (Fsp3) is 0.391. The summed E-state index contributed by atoms with van der Waals surface area (Å²) in [6.45, 7) is 8.30. The highest BCUT2D eigenvalue weighted by Crippen LogP contribution is 2.23. The highest BCUT2D eigenvalue weighted by molar-refractivity contribution is 5.99. The molecular weight excluding hydrogens is 366 g/mol. The number of hydrogen-bond donors (Lipinski definition) is 2. The van der Waals surface area contributed by atoms with Crippen molar-refractivity contribution in [1.29, 1.82) is 0 Å². The molecule has 6 nitrogen and oxygen atoms in total. The predicted octanol–water partition coefficient (Wildman–Crippen LogP) is 3.99. The first-order valence-electron chi connectivity index (χ1n) is 10.1. The van der Waals surface area contributed by atoms with Crippen molar-refractivity contribution in [3.8, 4) is 0 Å². The molecule has 1 heterocycles. The van der Waals surface area contributed by atoms with Crippen LogP contribution in [0.5, 0.6) is 0 Å². The third-order valence-electron chi connectivity index (χ3n) is 5.22. The highest BCUT2D eigenvalue weighted by Gasteiger charge is 2.22. The summed E-state index contributed by atoms with van der Waals surface area (Å²) in [5.74, 6) is 0.206. The number of hydrogen-bond acceptors (Lipinski definition) is 3. The van der Waals surface area contributed by atoms with E-state index in [4.69, 9.17) is 4.74 Å². The summed E-state index contributed by atoms with van der Waals surface area (Å²) in [5.41, 5.74) is 3.07. The molecule has 3 amide bonds. The number of benzene rings is 2. The van der Waals surface area contributed by atoms with Crippen molar-refractivity contribution in [3.63, 3.8) is 0 Å². The summed E-state index contributed by atoms with van der Waals surface area (Å²) >= 11 is 0. The Morgan fingerprint density at radius 1 is 1.00 bits per heavy atom. The van der Waals surface area contributed by atoms with Crippen LogP contribution in [-0.4, -0.2) is 43.1 Å². The Morgan fingerprint density at radius 2 is 1.69 bits per heavy atom. The van der Waals surface area contributed by atoms with Crippen molar-refractivity contribution in [1.82, 2.24) is 10.2 Å². The van der Waals surface area contributed by atoms with E-state index in [0.29, 0.717) is 37.6 Å². The van der Waals surface area contributed by atoms with Gasteiger partial charge in [0.05, 0.1) is 19.3 Å². The first-order valence-corrected chi connectivity index (χ1v) is 10.1. The smallest absolute Gasteiger partial charge is 0.319 e. The molecule has 3 rings (SSSR count). The Bertz CT molecular complexity index is 846. The van der Waals surface area contributed by atoms with Crippen molar-refractivity contribution < 1.29 is 14.3 Å². The lowest BCUT2D eigenvalue weighted by Gasteiger charge is -2.28. The topological polar surface area (TPSA) is 70.7 Å². The minimum Gasteiger partial charge on any atom is -0.378 e. The highest BCUT2D eigenvalue weighted by atomic mass is 16.5. The molecule has 0 aromatic heterocycles. The van der Waals surface area contributed by atoms with E-state index in [1.807, 2.05) is 43.3 Å². The molecule has 1 aliphatic rings. The lowest BCUT2D eigenvalue weighted by Crippen LogP contribution is -2.41. The predicted molar refractivity (Wildman–Crippen MR) is 114 cm³/mol. The first kappa shape index (κ1) is 20.9. The van der Waals surface area contributed by atoms with E-state index in [1.165, 1.54) is 0 Å². The normalized spacial score (nSPS) is 15.1. The average molecular weight is 396 g/mol. The number of carbonyl (C=O) groups is 2. The summed E-state index contributed by atoms with van der Waals surface area (Å²) < 4.78 is 5.33. The lowest BCUT2D eigenvalue weighted by molar-refractivity contribution is 0.0302. The fourth-order valence-corrected chi connectivity index (χ4v) is 3.53. The number of anilines is 1. The van der Waals surface area contributed by atoms with Crippen molar-refractivity contribution in [2.24, 2.45) is 5.92 Å². The van der Waals surface area contributed by atoms with Gasteiger partial charge in [0.15, 0.2) is 0 Å². The van der Waals surface area contributed by atoms with Crippen LogP contribution in [0, 0.1) is 12.8 Å². The molecule has 1 aliphatic heterocycles. The molecule has 1 saturated heterocycles. The van der Waals surface area contributed by atoms with Crippen molar-refractivity contribution >= 4 is 17.6 Å². The van der Waals surface area contributed by atoms with Gasteiger partial charge in [-0.25, -0.2) is 4.79 Å². The Kier molecular flexibility index (Phi) is 6.88. The lowest BCUT2D eigenvalue weighted by atomic mass is 9.96. The van der Waals surface area contributed by atoms with Crippen LogP contribution in [0.1, 0.15) is 41.4 Å². The van der Waals surface area contributed by atoms with Crippen molar-refractivity contribution in [3.05, 3.63) is 65.2 Å². The maximum atomic E-state index is 12.9. The van der Waals surface area contributed by atoms with Crippen molar-refractivity contribution in [2.75, 3.05) is 31.6 Å². The molecule has 2 aromatic carbocycles. The standard InChI is InChI=1S/C23H29N3O3/c1-16(2)21(18-8-5-4-6-9-18)25-23(28)24-20-11-7-10-19(17(20)3)22(27)26-12-14-29-15-13-26/h4-11,16,21H,12-15H2,1-3H3,(H2,24,25,28). The van der Waals surface area contributed by atoms with Crippen LogP contribution in [0.25, 0.3) is 0 Å². The van der Waals surface area contributed by atoms with Crippen LogP contribution in [0.4, 0.5) is 10.5 Å². The zero-order chi connectivity index (χ0) is 20.8. The minimum atomic E-state index is -0.286. The van der Waals surface area contributed by atoms with Gasteiger partial charge in [-0.3, -0.25) is 4.79 Å². The average Bonchev–Trinajstić information content (AvgIpc) is 2.74. The largest absolute Gasteiger partial charge is 0.378 e. The zero-order valence-electron chi connectivity index (χ0n) is 17.3. The molecule has 0 spiro atoms. The van der Waals surface area contributed by atoms with Gasteiger partial charge >= 0.3 is 6.03 Å². The number of rotatable bonds is 5. The van der Waals surface area contributed by atoms with E-state index >= 15 is 0 Å². The number of ether oxygens (including phenoxy) is 1. The van der Waals surface area contributed by atoms with Gasteiger partial charge in [0.2, 0.25) is 0 Å². The third kappa shape index (κ3) is 5.15. The molecule has 2 aromatic rings.